The standard InChI is InChI=1S/C15H11BrFNO/c16-12-7-8-14(13(17)10-12)18-15(19)9-6-11-4-2-1-3-5-11/h1-10H,(H,18,19). The topological polar surface area (TPSA) is 29.1 Å². The predicted molar refractivity (Wildman–Crippen MR) is 78.2 cm³/mol. The van der Waals surface area contributed by atoms with Crippen LogP contribution in [0.3, 0.4) is 0 Å². The summed E-state index contributed by atoms with van der Waals surface area (Å²) >= 11 is 3.16. The van der Waals surface area contributed by atoms with Crippen molar-refractivity contribution in [2.45, 2.75) is 0 Å². The number of hydrogen-bond acceptors (Lipinski definition) is 1. The van der Waals surface area contributed by atoms with Gasteiger partial charge in [0, 0.05) is 10.5 Å². The molecule has 4 heteroatoms. The van der Waals surface area contributed by atoms with Crippen LogP contribution >= 0.6 is 15.9 Å². The molecule has 2 aromatic carbocycles. The Bertz CT molecular complexity index is 611. The van der Waals surface area contributed by atoms with Gasteiger partial charge in [0.2, 0.25) is 5.91 Å². The molecule has 0 atom stereocenters. The Morgan fingerprint density at radius 2 is 1.89 bits per heavy atom. The molecule has 0 aliphatic rings. The summed E-state index contributed by atoms with van der Waals surface area (Å²) in [6.07, 6.45) is 3.04. The lowest BCUT2D eigenvalue weighted by Crippen LogP contribution is -2.09. The van der Waals surface area contributed by atoms with Crippen molar-refractivity contribution in [1.29, 1.82) is 0 Å². The van der Waals surface area contributed by atoms with Crippen LogP contribution < -0.4 is 5.32 Å². The fourth-order valence-corrected chi connectivity index (χ4v) is 1.83. The van der Waals surface area contributed by atoms with Gasteiger partial charge in [-0.25, -0.2) is 4.39 Å². The number of benzene rings is 2. The van der Waals surface area contributed by atoms with Gasteiger partial charge < -0.3 is 5.32 Å². The van der Waals surface area contributed by atoms with Gasteiger partial charge in [0.1, 0.15) is 5.82 Å². The molecule has 0 fully saturated rings. The molecule has 0 aliphatic carbocycles. The highest BCUT2D eigenvalue weighted by Crippen LogP contribution is 2.19. The second-order valence-electron chi connectivity index (χ2n) is 3.86. The molecule has 0 spiro atoms. The molecule has 0 bridgehead atoms. The summed E-state index contributed by atoms with van der Waals surface area (Å²) in [6.45, 7) is 0. The highest BCUT2D eigenvalue weighted by atomic mass is 79.9. The molecule has 1 N–H and O–H groups in total. The Labute approximate surface area is 119 Å². The number of rotatable bonds is 3. The fraction of sp³-hybridized carbons (Fsp3) is 0. The molecule has 0 aliphatic heterocycles. The Kier molecular flexibility index (Phi) is 4.47. The van der Waals surface area contributed by atoms with Crippen LogP contribution in [0.2, 0.25) is 0 Å². The first kappa shape index (κ1) is 13.5. The summed E-state index contributed by atoms with van der Waals surface area (Å²) in [7, 11) is 0. The summed E-state index contributed by atoms with van der Waals surface area (Å²) in [4.78, 5) is 11.6. The van der Waals surface area contributed by atoms with E-state index in [0.29, 0.717) is 4.47 Å². The molecular formula is C15H11BrFNO. The van der Waals surface area contributed by atoms with E-state index in [1.165, 1.54) is 18.2 Å². The van der Waals surface area contributed by atoms with Gasteiger partial charge in [-0.2, -0.15) is 0 Å². The van der Waals surface area contributed by atoms with Gasteiger partial charge in [0.15, 0.2) is 0 Å². The summed E-state index contributed by atoms with van der Waals surface area (Å²) in [5, 5.41) is 2.49. The molecular weight excluding hydrogens is 309 g/mol. The van der Waals surface area contributed by atoms with Crippen LogP contribution in [-0.4, -0.2) is 5.91 Å². The molecule has 2 nitrogen and oxygen atoms in total. The van der Waals surface area contributed by atoms with Crippen molar-refractivity contribution in [2.75, 3.05) is 5.32 Å². The molecule has 0 saturated carbocycles. The maximum absolute atomic E-state index is 13.5. The van der Waals surface area contributed by atoms with Crippen molar-refractivity contribution >= 4 is 33.6 Å². The van der Waals surface area contributed by atoms with Gasteiger partial charge in [-0.1, -0.05) is 46.3 Å². The largest absolute Gasteiger partial charge is 0.320 e. The first-order chi connectivity index (χ1) is 9.15. The fourth-order valence-electron chi connectivity index (χ4n) is 1.50. The van der Waals surface area contributed by atoms with Crippen molar-refractivity contribution in [3.63, 3.8) is 0 Å². The number of amides is 1. The third-order valence-corrected chi connectivity index (χ3v) is 2.91. The van der Waals surface area contributed by atoms with E-state index in [1.54, 1.807) is 12.1 Å². The SMILES string of the molecule is O=C(C=Cc1ccccc1)Nc1ccc(Br)cc1F. The van der Waals surface area contributed by atoms with Gasteiger partial charge in [0.05, 0.1) is 5.69 Å². The summed E-state index contributed by atoms with van der Waals surface area (Å²) in [5.41, 5.74) is 1.07. The molecule has 2 rings (SSSR count). The summed E-state index contributed by atoms with van der Waals surface area (Å²) in [5.74, 6) is -0.846. The quantitative estimate of drug-likeness (QED) is 0.842. The van der Waals surface area contributed by atoms with E-state index < -0.39 is 5.82 Å². The lowest BCUT2D eigenvalue weighted by molar-refractivity contribution is -0.111. The number of carbonyl (C=O) groups excluding carboxylic acids is 1. The zero-order valence-corrected chi connectivity index (χ0v) is 11.5. The second-order valence-corrected chi connectivity index (χ2v) is 4.77. The van der Waals surface area contributed by atoms with Gasteiger partial charge in [-0.05, 0) is 29.8 Å². The van der Waals surface area contributed by atoms with Crippen molar-refractivity contribution in [3.05, 3.63) is 70.5 Å². The lowest BCUT2D eigenvalue weighted by Gasteiger charge is -2.03. The number of nitrogens with one attached hydrogen (secondary N) is 1. The van der Waals surface area contributed by atoms with Crippen LogP contribution in [0, 0.1) is 5.82 Å². The minimum atomic E-state index is -0.476. The van der Waals surface area contributed by atoms with E-state index in [2.05, 4.69) is 21.2 Å². The van der Waals surface area contributed by atoms with Crippen molar-refractivity contribution in [3.8, 4) is 0 Å². The van der Waals surface area contributed by atoms with Crippen molar-refractivity contribution in [2.24, 2.45) is 0 Å². The van der Waals surface area contributed by atoms with Crippen LogP contribution in [-0.2, 0) is 4.79 Å². The van der Waals surface area contributed by atoms with Crippen molar-refractivity contribution < 1.29 is 9.18 Å². The third kappa shape index (κ3) is 4.03. The lowest BCUT2D eigenvalue weighted by atomic mass is 10.2. The summed E-state index contributed by atoms with van der Waals surface area (Å²) in [6, 6.07) is 13.9. The monoisotopic (exact) mass is 319 g/mol. The highest BCUT2D eigenvalue weighted by Gasteiger charge is 2.04. The molecule has 1 amide bonds. The molecule has 0 aromatic heterocycles. The minimum absolute atomic E-state index is 0.158. The van der Waals surface area contributed by atoms with Crippen LogP contribution in [0.15, 0.2) is 59.1 Å². The Morgan fingerprint density at radius 1 is 1.16 bits per heavy atom. The Hall–Kier alpha value is -1.94. The molecule has 2 aromatic rings. The zero-order chi connectivity index (χ0) is 13.7. The highest BCUT2D eigenvalue weighted by molar-refractivity contribution is 9.10. The number of hydrogen-bond donors (Lipinski definition) is 1. The van der Waals surface area contributed by atoms with Gasteiger partial charge in [-0.3, -0.25) is 4.79 Å². The van der Waals surface area contributed by atoms with Gasteiger partial charge in [-0.15, -0.1) is 0 Å². The van der Waals surface area contributed by atoms with E-state index in [-0.39, 0.29) is 11.6 Å². The maximum Gasteiger partial charge on any atom is 0.248 e. The average Bonchev–Trinajstić information content (AvgIpc) is 2.41. The van der Waals surface area contributed by atoms with Crippen LogP contribution in [0.25, 0.3) is 6.08 Å². The van der Waals surface area contributed by atoms with E-state index >= 15 is 0 Å². The second kappa shape index (κ2) is 6.29. The van der Waals surface area contributed by atoms with E-state index in [1.807, 2.05) is 30.3 Å². The van der Waals surface area contributed by atoms with E-state index in [0.717, 1.165) is 5.56 Å². The average molecular weight is 320 g/mol. The maximum atomic E-state index is 13.5. The normalized spacial score (nSPS) is 10.6. The molecule has 0 radical (unpaired) electrons. The molecule has 0 saturated heterocycles. The number of anilines is 1. The third-order valence-electron chi connectivity index (χ3n) is 2.42. The van der Waals surface area contributed by atoms with Gasteiger partial charge >= 0.3 is 0 Å². The van der Waals surface area contributed by atoms with E-state index in [9.17, 15) is 9.18 Å². The van der Waals surface area contributed by atoms with E-state index in [4.69, 9.17) is 0 Å². The summed E-state index contributed by atoms with van der Waals surface area (Å²) < 4.78 is 14.1. The Morgan fingerprint density at radius 3 is 2.58 bits per heavy atom. The molecule has 0 unspecified atom stereocenters. The minimum Gasteiger partial charge on any atom is -0.320 e. The molecule has 96 valence electrons. The number of carbonyl (C=O) groups is 1. The molecule has 0 heterocycles. The van der Waals surface area contributed by atoms with Crippen LogP contribution in [0.4, 0.5) is 10.1 Å². The first-order valence-corrected chi connectivity index (χ1v) is 6.43. The Balaban J connectivity index is 2.04. The van der Waals surface area contributed by atoms with Crippen LogP contribution in [0.1, 0.15) is 5.56 Å². The zero-order valence-electron chi connectivity index (χ0n) is 9.94. The molecule has 19 heavy (non-hydrogen) atoms. The first-order valence-electron chi connectivity index (χ1n) is 5.64. The smallest absolute Gasteiger partial charge is 0.248 e. The van der Waals surface area contributed by atoms with Gasteiger partial charge in [0.25, 0.3) is 0 Å². The van der Waals surface area contributed by atoms with Crippen LogP contribution in [0.5, 0.6) is 0 Å². The predicted octanol–water partition coefficient (Wildman–Crippen LogP) is 4.24. The van der Waals surface area contributed by atoms with Crippen molar-refractivity contribution in [1.82, 2.24) is 0 Å². The number of halogens is 2.